The fourth-order valence-corrected chi connectivity index (χ4v) is 4.74. The minimum Gasteiger partial charge on any atom is -0.423 e. The molecule has 0 amide bonds. The van der Waals surface area contributed by atoms with Gasteiger partial charge in [-0.2, -0.15) is 8.42 Å². The number of esters is 1. The maximum absolute atomic E-state index is 12.4. The zero-order valence-electron chi connectivity index (χ0n) is 18.6. The Bertz CT molecular complexity index is 1370. The molecule has 0 spiro atoms. The summed E-state index contributed by atoms with van der Waals surface area (Å²) in [7, 11) is -3.72. The van der Waals surface area contributed by atoms with Crippen LogP contribution in [-0.4, -0.2) is 20.2 Å². The highest BCUT2D eigenvalue weighted by Gasteiger charge is 2.29. The molecule has 0 bridgehead atoms. The van der Waals surface area contributed by atoms with Crippen LogP contribution in [0.4, 0.5) is 5.69 Å². The van der Waals surface area contributed by atoms with Gasteiger partial charge in [0.2, 0.25) is 0 Å². The maximum atomic E-state index is 12.4. The van der Waals surface area contributed by atoms with Crippen LogP contribution in [0.5, 0.6) is 5.75 Å². The van der Waals surface area contributed by atoms with Gasteiger partial charge < -0.3 is 10.1 Å². The third kappa shape index (κ3) is 4.88. The smallest absolute Gasteiger partial charge is 0.336 e. The van der Waals surface area contributed by atoms with Gasteiger partial charge in [0.15, 0.2) is 5.84 Å². The number of anilines is 1. The predicted molar refractivity (Wildman–Crippen MR) is 130 cm³/mol. The van der Waals surface area contributed by atoms with Crippen LogP contribution in [0, 0.1) is 6.92 Å². The Morgan fingerprint density at radius 3 is 2.45 bits per heavy atom. The van der Waals surface area contributed by atoms with Gasteiger partial charge in [0, 0.05) is 17.3 Å². The number of hydrogen-bond acceptors (Lipinski definition) is 5. The van der Waals surface area contributed by atoms with Crippen LogP contribution >= 0.6 is 0 Å². The summed E-state index contributed by atoms with van der Waals surface area (Å²) < 4.78 is 34.3. The second-order valence-corrected chi connectivity index (χ2v) is 9.63. The van der Waals surface area contributed by atoms with Crippen molar-refractivity contribution in [1.82, 2.24) is 0 Å². The number of carbonyl (C=O) groups is 1. The molecule has 6 nitrogen and oxygen atoms in total. The molecule has 1 N–H and O–H groups in total. The molecule has 0 aliphatic carbocycles. The van der Waals surface area contributed by atoms with Gasteiger partial charge in [-0.05, 0) is 59.9 Å². The molecule has 1 heterocycles. The van der Waals surface area contributed by atoms with Crippen molar-refractivity contribution in [2.45, 2.75) is 31.6 Å². The lowest BCUT2D eigenvalue weighted by Crippen LogP contribution is -2.14. The van der Waals surface area contributed by atoms with E-state index in [1.807, 2.05) is 57.2 Å². The number of carbonyl (C=O) groups excluding carboxylic acids is 1. The second kappa shape index (κ2) is 9.03. The van der Waals surface area contributed by atoms with E-state index in [0.29, 0.717) is 17.0 Å². The van der Waals surface area contributed by atoms with Crippen LogP contribution in [0.1, 0.15) is 42.0 Å². The molecular weight excluding hydrogens is 436 g/mol. The van der Waals surface area contributed by atoms with Crippen molar-refractivity contribution in [2.75, 3.05) is 5.32 Å². The van der Waals surface area contributed by atoms with Crippen LogP contribution in [0.25, 0.3) is 6.08 Å². The zero-order valence-corrected chi connectivity index (χ0v) is 19.4. The minimum atomic E-state index is -3.72. The average Bonchev–Trinajstić information content (AvgIpc) is 3.04. The molecule has 3 aromatic rings. The highest BCUT2D eigenvalue weighted by Crippen LogP contribution is 2.34. The number of fused-ring (bicyclic) bond motifs is 1. The minimum absolute atomic E-state index is 0.0635. The van der Waals surface area contributed by atoms with E-state index in [4.69, 9.17) is 4.74 Å². The molecule has 0 fully saturated rings. The number of nitrogens with zero attached hydrogens (tertiary/aromatic N) is 1. The van der Waals surface area contributed by atoms with E-state index in [2.05, 4.69) is 9.71 Å². The lowest BCUT2D eigenvalue weighted by Gasteiger charge is -2.17. The third-order valence-corrected chi connectivity index (χ3v) is 6.62. The van der Waals surface area contributed by atoms with Crippen molar-refractivity contribution in [3.05, 3.63) is 95.1 Å². The summed E-state index contributed by atoms with van der Waals surface area (Å²) >= 11 is 0. The van der Waals surface area contributed by atoms with E-state index >= 15 is 0 Å². The van der Waals surface area contributed by atoms with Gasteiger partial charge in [0.1, 0.15) is 10.6 Å². The Morgan fingerprint density at radius 2 is 1.73 bits per heavy atom. The maximum Gasteiger partial charge on any atom is 0.336 e. The number of ether oxygens (including phenoxy) is 1. The average molecular weight is 461 g/mol. The molecule has 33 heavy (non-hydrogen) atoms. The van der Waals surface area contributed by atoms with Crippen molar-refractivity contribution in [3.8, 4) is 5.75 Å². The quantitative estimate of drug-likeness (QED) is 0.317. The fraction of sp³-hybridized carbons (Fsp3) is 0.154. The molecule has 7 heteroatoms. The monoisotopic (exact) mass is 460 g/mol. The summed E-state index contributed by atoms with van der Waals surface area (Å²) in [6.45, 7) is 5.86. The summed E-state index contributed by atoms with van der Waals surface area (Å²) in [6.07, 6.45) is 3.10. The largest absolute Gasteiger partial charge is 0.423 e. The SMILES string of the molecule is Cc1cc(OC(=O)C=Cc2ccccc2)c(C(C)C)cc1NC1=NS(=O)(=O)c2ccccc21. The topological polar surface area (TPSA) is 84.8 Å². The molecule has 3 aromatic carbocycles. The second-order valence-electron chi connectivity index (χ2n) is 8.06. The molecule has 1 aliphatic rings. The van der Waals surface area contributed by atoms with Gasteiger partial charge in [0.05, 0.1) is 0 Å². The molecule has 0 saturated carbocycles. The highest BCUT2D eigenvalue weighted by molar-refractivity contribution is 7.90. The van der Waals surface area contributed by atoms with Gasteiger partial charge in [-0.25, -0.2) is 4.79 Å². The summed E-state index contributed by atoms with van der Waals surface area (Å²) in [5, 5.41) is 3.16. The van der Waals surface area contributed by atoms with Crippen molar-refractivity contribution >= 4 is 33.6 Å². The number of sulfonamides is 1. The number of rotatable bonds is 5. The Kier molecular flexibility index (Phi) is 6.16. The van der Waals surface area contributed by atoms with Gasteiger partial charge in [-0.3, -0.25) is 0 Å². The van der Waals surface area contributed by atoms with Crippen molar-refractivity contribution in [2.24, 2.45) is 4.40 Å². The van der Waals surface area contributed by atoms with E-state index < -0.39 is 16.0 Å². The van der Waals surface area contributed by atoms with Crippen LogP contribution in [0.15, 0.2) is 82.1 Å². The number of benzene rings is 3. The molecule has 168 valence electrons. The number of nitrogens with one attached hydrogen (secondary N) is 1. The first-order chi connectivity index (χ1) is 15.7. The normalized spacial score (nSPS) is 14.2. The summed E-state index contributed by atoms with van der Waals surface area (Å²) in [5.74, 6) is 0.339. The van der Waals surface area contributed by atoms with Gasteiger partial charge in [0.25, 0.3) is 10.0 Å². The summed E-state index contributed by atoms with van der Waals surface area (Å²) in [6, 6.07) is 19.9. The number of amidine groups is 1. The lowest BCUT2D eigenvalue weighted by atomic mass is 9.99. The van der Waals surface area contributed by atoms with Crippen LogP contribution in [0.3, 0.4) is 0 Å². The first-order valence-electron chi connectivity index (χ1n) is 10.6. The van der Waals surface area contributed by atoms with Crippen molar-refractivity contribution < 1.29 is 17.9 Å². The van der Waals surface area contributed by atoms with Crippen LogP contribution in [-0.2, 0) is 14.8 Å². The van der Waals surface area contributed by atoms with E-state index in [0.717, 1.165) is 16.7 Å². The van der Waals surface area contributed by atoms with E-state index in [1.54, 1.807) is 36.4 Å². The van der Waals surface area contributed by atoms with E-state index in [-0.39, 0.29) is 16.6 Å². The molecule has 0 radical (unpaired) electrons. The highest BCUT2D eigenvalue weighted by atomic mass is 32.2. The Hall–Kier alpha value is -3.71. The molecule has 4 rings (SSSR count). The fourth-order valence-electron chi connectivity index (χ4n) is 3.57. The number of hydrogen-bond donors (Lipinski definition) is 1. The lowest BCUT2D eigenvalue weighted by molar-refractivity contribution is -0.128. The Morgan fingerprint density at radius 1 is 1.03 bits per heavy atom. The van der Waals surface area contributed by atoms with Gasteiger partial charge >= 0.3 is 5.97 Å². The first kappa shape index (κ1) is 22.5. The number of aryl methyl sites for hydroxylation is 1. The molecule has 1 aliphatic heterocycles. The van der Waals surface area contributed by atoms with Gasteiger partial charge in [-0.15, -0.1) is 4.40 Å². The summed E-state index contributed by atoms with van der Waals surface area (Å²) in [5.41, 5.74) is 3.74. The molecule has 0 unspecified atom stereocenters. The van der Waals surface area contributed by atoms with Crippen molar-refractivity contribution in [3.63, 3.8) is 0 Å². The molecule has 0 atom stereocenters. The third-order valence-electron chi connectivity index (χ3n) is 5.29. The first-order valence-corrected chi connectivity index (χ1v) is 12.0. The van der Waals surface area contributed by atoms with Crippen LogP contribution < -0.4 is 10.1 Å². The molecular formula is C26H24N2O4S. The molecule has 0 aromatic heterocycles. The van der Waals surface area contributed by atoms with E-state index in [9.17, 15) is 13.2 Å². The Labute approximate surface area is 193 Å². The summed E-state index contributed by atoms with van der Waals surface area (Å²) in [4.78, 5) is 12.6. The van der Waals surface area contributed by atoms with Crippen LogP contribution in [0.2, 0.25) is 0 Å². The standard InChI is InChI=1S/C26H24N2O4S/c1-17(2)21-16-22(27-26-20-11-7-8-12-24(20)33(30,31)28-26)18(3)15-23(21)32-25(29)14-13-19-9-5-4-6-10-19/h4-17H,1-3H3,(H,27,28). The zero-order chi connectivity index (χ0) is 23.6. The molecule has 0 saturated heterocycles. The van der Waals surface area contributed by atoms with Crippen molar-refractivity contribution in [1.29, 1.82) is 0 Å². The predicted octanol–water partition coefficient (Wildman–Crippen LogP) is 5.30. The van der Waals surface area contributed by atoms with E-state index in [1.165, 1.54) is 6.08 Å². The Balaban J connectivity index is 1.61. The van der Waals surface area contributed by atoms with Gasteiger partial charge in [-0.1, -0.05) is 56.3 Å².